The molecular formula is C14H18N2O. The van der Waals surface area contributed by atoms with E-state index in [-0.39, 0.29) is 5.41 Å². The minimum absolute atomic E-state index is 0.242. The van der Waals surface area contributed by atoms with E-state index in [1.54, 1.807) is 7.11 Å². The van der Waals surface area contributed by atoms with Crippen LogP contribution in [0, 0.1) is 0 Å². The number of rotatable bonds is 2. The molecule has 1 aliphatic carbocycles. The van der Waals surface area contributed by atoms with Crippen molar-refractivity contribution in [1.29, 1.82) is 0 Å². The van der Waals surface area contributed by atoms with E-state index in [2.05, 4.69) is 11.9 Å². The molecule has 0 atom stereocenters. The van der Waals surface area contributed by atoms with Crippen LogP contribution in [0.5, 0.6) is 5.75 Å². The van der Waals surface area contributed by atoms with E-state index >= 15 is 0 Å². The molecule has 90 valence electrons. The van der Waals surface area contributed by atoms with Crippen molar-refractivity contribution in [2.24, 2.45) is 0 Å². The fourth-order valence-corrected chi connectivity index (χ4v) is 2.79. The van der Waals surface area contributed by atoms with E-state index in [1.165, 1.54) is 25.7 Å². The largest absolute Gasteiger partial charge is 0.497 e. The third kappa shape index (κ3) is 1.70. The Balaban J connectivity index is 2.07. The predicted octanol–water partition coefficient (Wildman–Crippen LogP) is 3.40. The first-order chi connectivity index (χ1) is 8.21. The van der Waals surface area contributed by atoms with Gasteiger partial charge in [-0.3, -0.25) is 0 Å². The molecule has 1 aromatic heterocycles. The summed E-state index contributed by atoms with van der Waals surface area (Å²) in [5.74, 6) is 2.02. The summed E-state index contributed by atoms with van der Waals surface area (Å²) in [5.41, 5.74) is 2.35. The topological polar surface area (TPSA) is 37.9 Å². The molecule has 0 amide bonds. The van der Waals surface area contributed by atoms with Crippen LogP contribution >= 0.6 is 0 Å². The molecule has 0 aliphatic heterocycles. The van der Waals surface area contributed by atoms with E-state index in [0.29, 0.717) is 0 Å². The number of nitrogens with one attached hydrogen (secondary N) is 1. The molecule has 3 nitrogen and oxygen atoms in total. The van der Waals surface area contributed by atoms with Crippen molar-refractivity contribution in [3.05, 3.63) is 24.0 Å². The number of aromatic amines is 1. The molecule has 17 heavy (non-hydrogen) atoms. The Morgan fingerprint density at radius 1 is 1.29 bits per heavy atom. The predicted molar refractivity (Wildman–Crippen MR) is 68.5 cm³/mol. The molecule has 1 saturated carbocycles. The van der Waals surface area contributed by atoms with Gasteiger partial charge in [-0.2, -0.15) is 0 Å². The van der Waals surface area contributed by atoms with Gasteiger partial charge in [-0.1, -0.05) is 19.8 Å². The summed E-state index contributed by atoms with van der Waals surface area (Å²) in [6.07, 6.45) is 5.11. The maximum Gasteiger partial charge on any atom is 0.121 e. The van der Waals surface area contributed by atoms with Crippen molar-refractivity contribution >= 4 is 11.0 Å². The Bertz CT molecular complexity index is 538. The van der Waals surface area contributed by atoms with E-state index < -0.39 is 0 Å². The number of hydrogen-bond donors (Lipinski definition) is 1. The highest BCUT2D eigenvalue weighted by molar-refractivity contribution is 5.77. The number of H-pyrrole nitrogens is 1. The molecule has 1 N–H and O–H groups in total. The number of imidazole rings is 1. The second kappa shape index (κ2) is 3.76. The van der Waals surface area contributed by atoms with Crippen molar-refractivity contribution < 1.29 is 4.74 Å². The average molecular weight is 230 g/mol. The Morgan fingerprint density at radius 2 is 2.06 bits per heavy atom. The van der Waals surface area contributed by atoms with Crippen LogP contribution < -0.4 is 4.74 Å². The summed E-state index contributed by atoms with van der Waals surface area (Å²) in [4.78, 5) is 8.19. The lowest BCUT2D eigenvalue weighted by Gasteiger charge is -2.19. The molecule has 3 heteroatoms. The lowest BCUT2D eigenvalue weighted by atomic mass is 9.88. The first-order valence-corrected chi connectivity index (χ1v) is 6.25. The minimum Gasteiger partial charge on any atom is -0.497 e. The van der Waals surface area contributed by atoms with Crippen molar-refractivity contribution in [2.45, 2.75) is 38.0 Å². The van der Waals surface area contributed by atoms with Crippen LogP contribution in [0.15, 0.2) is 18.2 Å². The Kier molecular flexibility index (Phi) is 2.35. The molecule has 1 heterocycles. The Morgan fingerprint density at radius 3 is 2.76 bits per heavy atom. The average Bonchev–Trinajstić information content (AvgIpc) is 2.94. The van der Waals surface area contributed by atoms with Gasteiger partial charge in [0.2, 0.25) is 0 Å². The van der Waals surface area contributed by atoms with Gasteiger partial charge in [-0.05, 0) is 25.0 Å². The second-order valence-electron chi connectivity index (χ2n) is 5.24. The third-order valence-corrected chi connectivity index (χ3v) is 3.97. The molecule has 0 bridgehead atoms. The molecule has 0 spiro atoms. The minimum atomic E-state index is 0.242. The maximum atomic E-state index is 5.23. The zero-order valence-corrected chi connectivity index (χ0v) is 10.4. The first-order valence-electron chi connectivity index (χ1n) is 6.25. The van der Waals surface area contributed by atoms with Crippen molar-refractivity contribution in [2.75, 3.05) is 7.11 Å². The zero-order valence-electron chi connectivity index (χ0n) is 10.4. The van der Waals surface area contributed by atoms with Gasteiger partial charge in [0, 0.05) is 11.5 Å². The molecule has 1 aliphatic rings. The van der Waals surface area contributed by atoms with Crippen LogP contribution in [0.1, 0.15) is 38.4 Å². The van der Waals surface area contributed by atoms with Gasteiger partial charge in [0.15, 0.2) is 0 Å². The smallest absolute Gasteiger partial charge is 0.121 e. The number of hydrogen-bond acceptors (Lipinski definition) is 2. The standard InChI is InChI=1S/C14H18N2O/c1-14(7-3-4-8-14)13-15-11-6-5-10(17-2)9-12(11)16-13/h5-6,9H,3-4,7-8H2,1-2H3,(H,15,16). The molecular weight excluding hydrogens is 212 g/mol. The monoisotopic (exact) mass is 230 g/mol. The van der Waals surface area contributed by atoms with Crippen LogP contribution in [0.4, 0.5) is 0 Å². The number of aromatic nitrogens is 2. The summed E-state index contributed by atoms with van der Waals surface area (Å²) < 4.78 is 5.23. The number of benzene rings is 1. The molecule has 0 unspecified atom stereocenters. The van der Waals surface area contributed by atoms with Crippen molar-refractivity contribution in [3.8, 4) is 5.75 Å². The fraction of sp³-hybridized carbons (Fsp3) is 0.500. The first kappa shape index (κ1) is 10.6. The van der Waals surface area contributed by atoms with Crippen molar-refractivity contribution in [3.63, 3.8) is 0 Å². The van der Waals surface area contributed by atoms with Gasteiger partial charge in [0.05, 0.1) is 18.1 Å². The van der Waals surface area contributed by atoms with Crippen LogP contribution in [0.25, 0.3) is 11.0 Å². The SMILES string of the molecule is COc1ccc2nc(C3(C)CCCC3)[nH]c2c1. The molecule has 0 radical (unpaired) electrons. The van der Waals surface area contributed by atoms with Gasteiger partial charge in [-0.25, -0.2) is 4.98 Å². The number of methoxy groups -OCH3 is 1. The van der Waals surface area contributed by atoms with E-state index in [1.807, 2.05) is 18.2 Å². The summed E-state index contributed by atoms with van der Waals surface area (Å²) in [7, 11) is 1.69. The summed E-state index contributed by atoms with van der Waals surface area (Å²) in [5, 5.41) is 0. The number of ether oxygens (including phenoxy) is 1. The molecule has 0 saturated heterocycles. The highest BCUT2D eigenvalue weighted by Crippen LogP contribution is 2.39. The highest BCUT2D eigenvalue weighted by atomic mass is 16.5. The molecule has 1 fully saturated rings. The Hall–Kier alpha value is -1.51. The van der Waals surface area contributed by atoms with Crippen molar-refractivity contribution in [1.82, 2.24) is 9.97 Å². The summed E-state index contributed by atoms with van der Waals surface area (Å²) in [6, 6.07) is 6.00. The zero-order chi connectivity index (χ0) is 11.9. The molecule has 3 rings (SSSR count). The number of fused-ring (bicyclic) bond motifs is 1. The molecule has 2 aromatic rings. The third-order valence-electron chi connectivity index (χ3n) is 3.97. The maximum absolute atomic E-state index is 5.23. The van der Waals surface area contributed by atoms with Crippen LogP contribution in [0.3, 0.4) is 0 Å². The lowest BCUT2D eigenvalue weighted by Crippen LogP contribution is -2.18. The summed E-state index contributed by atoms with van der Waals surface area (Å²) >= 11 is 0. The van der Waals surface area contributed by atoms with Gasteiger partial charge < -0.3 is 9.72 Å². The van der Waals surface area contributed by atoms with Gasteiger partial charge in [0.1, 0.15) is 11.6 Å². The normalized spacial score (nSPS) is 18.7. The second-order valence-corrected chi connectivity index (χ2v) is 5.24. The van der Waals surface area contributed by atoms with E-state index in [9.17, 15) is 0 Å². The van der Waals surface area contributed by atoms with E-state index in [4.69, 9.17) is 9.72 Å². The lowest BCUT2D eigenvalue weighted by molar-refractivity contribution is 0.415. The fourth-order valence-electron chi connectivity index (χ4n) is 2.79. The van der Waals surface area contributed by atoms with E-state index in [0.717, 1.165) is 22.6 Å². The number of nitrogens with zero attached hydrogens (tertiary/aromatic N) is 1. The highest BCUT2D eigenvalue weighted by Gasteiger charge is 2.33. The Labute approximate surface area is 101 Å². The quantitative estimate of drug-likeness (QED) is 0.858. The van der Waals surface area contributed by atoms with Crippen LogP contribution in [-0.4, -0.2) is 17.1 Å². The van der Waals surface area contributed by atoms with Gasteiger partial charge >= 0.3 is 0 Å². The molecule has 1 aromatic carbocycles. The summed E-state index contributed by atoms with van der Waals surface area (Å²) in [6.45, 7) is 2.31. The van der Waals surface area contributed by atoms with Crippen LogP contribution in [-0.2, 0) is 5.41 Å². The van der Waals surface area contributed by atoms with Crippen LogP contribution in [0.2, 0.25) is 0 Å². The van der Waals surface area contributed by atoms with Gasteiger partial charge in [0.25, 0.3) is 0 Å². The van der Waals surface area contributed by atoms with Gasteiger partial charge in [-0.15, -0.1) is 0 Å².